The Bertz CT molecular complexity index is 308. The van der Waals surface area contributed by atoms with Crippen molar-refractivity contribution in [3.05, 3.63) is 23.8 Å². The summed E-state index contributed by atoms with van der Waals surface area (Å²) in [5.74, 6) is 0.783. The molecule has 0 heterocycles. The van der Waals surface area contributed by atoms with Gasteiger partial charge in [0.1, 0.15) is 5.75 Å². The molecule has 13 heavy (non-hydrogen) atoms. The lowest BCUT2D eigenvalue weighted by molar-refractivity contribution is 0.304. The van der Waals surface area contributed by atoms with E-state index in [-0.39, 0.29) is 0 Å². The van der Waals surface area contributed by atoms with Gasteiger partial charge in [0.05, 0.1) is 11.8 Å². The summed E-state index contributed by atoms with van der Waals surface area (Å²) in [7, 11) is 0. The average molecular weight is 178 g/mol. The van der Waals surface area contributed by atoms with Crippen molar-refractivity contribution in [3.63, 3.8) is 0 Å². The molecule has 4 N–H and O–H groups in total. The molecule has 3 heteroatoms. The van der Waals surface area contributed by atoms with Crippen LogP contribution in [0.25, 0.3) is 0 Å². The Hall–Kier alpha value is -1.22. The lowest BCUT2D eigenvalue weighted by Crippen LogP contribution is -2.05. The smallest absolute Gasteiger partial charge is 0.142 e. The van der Waals surface area contributed by atoms with Crippen molar-refractivity contribution in [1.82, 2.24) is 0 Å². The number of nitrogen functional groups attached to an aromatic ring is 1. The molecule has 0 bridgehead atoms. The molecule has 1 aromatic rings. The van der Waals surface area contributed by atoms with Gasteiger partial charge in [-0.05, 0) is 24.5 Å². The summed E-state index contributed by atoms with van der Waals surface area (Å²) in [4.78, 5) is 0. The Morgan fingerprint density at radius 2 is 2.15 bits per heavy atom. The molecule has 0 radical (unpaired) electrons. The summed E-state index contributed by atoms with van der Waals surface area (Å²) in [6.45, 7) is 0.466. The molecule has 2 rings (SSSR count). The number of rotatable bonds is 3. The van der Waals surface area contributed by atoms with Crippen LogP contribution in [0.5, 0.6) is 5.75 Å². The van der Waals surface area contributed by atoms with Gasteiger partial charge in [0.25, 0.3) is 0 Å². The molecule has 1 saturated carbocycles. The van der Waals surface area contributed by atoms with E-state index in [4.69, 9.17) is 16.2 Å². The first-order valence-electron chi connectivity index (χ1n) is 4.55. The maximum atomic E-state index is 5.86. The molecule has 1 aliphatic rings. The topological polar surface area (TPSA) is 61.3 Å². The standard InChI is InChI=1S/C10H14N2O/c11-6-7-2-1-3-9(10(7)12)13-8-4-5-8/h1-3,8H,4-6,11-12H2. The van der Waals surface area contributed by atoms with Crippen LogP contribution in [0.15, 0.2) is 18.2 Å². The lowest BCUT2D eigenvalue weighted by Gasteiger charge is -2.10. The van der Waals surface area contributed by atoms with Crippen LogP contribution in [0.3, 0.4) is 0 Å². The summed E-state index contributed by atoms with van der Waals surface area (Å²) in [5, 5.41) is 0. The van der Waals surface area contributed by atoms with Crippen LogP contribution in [0.2, 0.25) is 0 Å². The quantitative estimate of drug-likeness (QED) is 0.685. The third-order valence-electron chi connectivity index (χ3n) is 2.19. The second-order valence-electron chi connectivity index (χ2n) is 3.35. The van der Waals surface area contributed by atoms with Gasteiger partial charge >= 0.3 is 0 Å². The first kappa shape index (κ1) is 8.38. The highest BCUT2D eigenvalue weighted by molar-refractivity contribution is 5.58. The largest absolute Gasteiger partial charge is 0.488 e. The van der Waals surface area contributed by atoms with Crippen LogP contribution in [0.4, 0.5) is 5.69 Å². The van der Waals surface area contributed by atoms with E-state index in [1.165, 1.54) is 0 Å². The van der Waals surface area contributed by atoms with Crippen molar-refractivity contribution in [1.29, 1.82) is 0 Å². The Kier molecular flexibility index (Phi) is 2.10. The zero-order chi connectivity index (χ0) is 9.26. The average Bonchev–Trinajstić information content (AvgIpc) is 2.92. The highest BCUT2D eigenvalue weighted by Crippen LogP contribution is 2.31. The number of hydrogen-bond donors (Lipinski definition) is 2. The minimum Gasteiger partial charge on any atom is -0.488 e. The van der Waals surface area contributed by atoms with Gasteiger partial charge in [-0.25, -0.2) is 0 Å². The van der Waals surface area contributed by atoms with Crippen LogP contribution in [0, 0.1) is 0 Å². The molecule has 1 fully saturated rings. The van der Waals surface area contributed by atoms with Gasteiger partial charge < -0.3 is 16.2 Å². The minimum atomic E-state index is 0.385. The van der Waals surface area contributed by atoms with Crippen LogP contribution >= 0.6 is 0 Å². The molecule has 0 aromatic heterocycles. The molecular weight excluding hydrogens is 164 g/mol. The van der Waals surface area contributed by atoms with E-state index < -0.39 is 0 Å². The predicted molar refractivity (Wildman–Crippen MR) is 52.4 cm³/mol. The van der Waals surface area contributed by atoms with E-state index in [9.17, 15) is 0 Å². The van der Waals surface area contributed by atoms with E-state index in [2.05, 4.69) is 0 Å². The van der Waals surface area contributed by atoms with E-state index >= 15 is 0 Å². The highest BCUT2D eigenvalue weighted by atomic mass is 16.5. The number of para-hydroxylation sites is 1. The summed E-state index contributed by atoms with van der Waals surface area (Å²) < 4.78 is 5.62. The summed E-state index contributed by atoms with van der Waals surface area (Å²) >= 11 is 0. The van der Waals surface area contributed by atoms with Crippen molar-refractivity contribution in [2.24, 2.45) is 5.73 Å². The van der Waals surface area contributed by atoms with Crippen molar-refractivity contribution in [2.45, 2.75) is 25.5 Å². The normalized spacial score (nSPS) is 15.8. The summed E-state index contributed by atoms with van der Waals surface area (Å²) in [6.07, 6.45) is 2.67. The van der Waals surface area contributed by atoms with E-state index in [1.807, 2.05) is 18.2 Å². The molecular formula is C10H14N2O. The molecule has 70 valence electrons. The molecule has 0 spiro atoms. The Morgan fingerprint density at radius 1 is 1.38 bits per heavy atom. The Balaban J connectivity index is 2.22. The highest BCUT2D eigenvalue weighted by Gasteiger charge is 2.24. The van der Waals surface area contributed by atoms with Crippen molar-refractivity contribution >= 4 is 5.69 Å². The maximum absolute atomic E-state index is 5.86. The van der Waals surface area contributed by atoms with Gasteiger partial charge in [0.2, 0.25) is 0 Å². The third-order valence-corrected chi connectivity index (χ3v) is 2.19. The Morgan fingerprint density at radius 3 is 2.77 bits per heavy atom. The van der Waals surface area contributed by atoms with Gasteiger partial charge in [0, 0.05) is 6.54 Å². The first-order valence-corrected chi connectivity index (χ1v) is 4.55. The number of benzene rings is 1. The molecule has 3 nitrogen and oxygen atoms in total. The zero-order valence-corrected chi connectivity index (χ0v) is 7.49. The fourth-order valence-electron chi connectivity index (χ4n) is 1.24. The monoisotopic (exact) mass is 178 g/mol. The van der Waals surface area contributed by atoms with Crippen molar-refractivity contribution in [3.8, 4) is 5.75 Å². The number of ether oxygens (including phenoxy) is 1. The van der Waals surface area contributed by atoms with E-state index in [0.717, 1.165) is 24.2 Å². The van der Waals surface area contributed by atoms with E-state index in [0.29, 0.717) is 18.3 Å². The Labute approximate surface area is 77.7 Å². The van der Waals surface area contributed by atoms with Crippen LogP contribution < -0.4 is 16.2 Å². The summed E-state index contributed by atoms with van der Waals surface area (Å²) in [6, 6.07) is 5.75. The lowest BCUT2D eigenvalue weighted by atomic mass is 10.1. The number of hydrogen-bond acceptors (Lipinski definition) is 3. The maximum Gasteiger partial charge on any atom is 0.142 e. The zero-order valence-electron chi connectivity index (χ0n) is 7.49. The second-order valence-corrected chi connectivity index (χ2v) is 3.35. The molecule has 1 aliphatic carbocycles. The van der Waals surface area contributed by atoms with Crippen LogP contribution in [-0.4, -0.2) is 6.10 Å². The van der Waals surface area contributed by atoms with E-state index in [1.54, 1.807) is 0 Å². The molecule has 0 aliphatic heterocycles. The molecule has 1 aromatic carbocycles. The molecule has 0 unspecified atom stereocenters. The first-order chi connectivity index (χ1) is 6.31. The van der Waals surface area contributed by atoms with Crippen LogP contribution in [0.1, 0.15) is 18.4 Å². The van der Waals surface area contributed by atoms with Crippen LogP contribution in [-0.2, 0) is 6.54 Å². The molecule has 0 atom stereocenters. The second kappa shape index (κ2) is 3.26. The van der Waals surface area contributed by atoms with Crippen molar-refractivity contribution in [2.75, 3.05) is 5.73 Å². The SMILES string of the molecule is NCc1cccc(OC2CC2)c1N. The minimum absolute atomic E-state index is 0.385. The fraction of sp³-hybridized carbons (Fsp3) is 0.400. The van der Waals surface area contributed by atoms with Gasteiger partial charge in [0.15, 0.2) is 0 Å². The predicted octanol–water partition coefficient (Wildman–Crippen LogP) is 1.27. The van der Waals surface area contributed by atoms with Gasteiger partial charge in [-0.15, -0.1) is 0 Å². The van der Waals surface area contributed by atoms with Gasteiger partial charge in [-0.2, -0.15) is 0 Å². The van der Waals surface area contributed by atoms with Gasteiger partial charge in [-0.3, -0.25) is 0 Å². The summed E-state index contributed by atoms with van der Waals surface area (Å²) in [5.41, 5.74) is 13.0. The number of nitrogens with two attached hydrogens (primary N) is 2. The number of anilines is 1. The van der Waals surface area contributed by atoms with Gasteiger partial charge in [-0.1, -0.05) is 12.1 Å². The van der Waals surface area contributed by atoms with Crippen molar-refractivity contribution < 1.29 is 4.74 Å². The third kappa shape index (κ3) is 1.75. The molecule has 0 saturated heterocycles. The molecule has 0 amide bonds. The fourth-order valence-corrected chi connectivity index (χ4v) is 1.24.